The number of pyridine rings is 1. The Kier molecular flexibility index (Phi) is 4.14. The average molecular weight is 343 g/mol. The Hall–Kier alpha value is -3.18. The lowest BCUT2D eigenvalue weighted by atomic mass is 10.0. The van der Waals surface area contributed by atoms with Gasteiger partial charge in [0.25, 0.3) is 0 Å². The second-order valence-corrected chi connectivity index (χ2v) is 6.36. The summed E-state index contributed by atoms with van der Waals surface area (Å²) in [5.41, 5.74) is 9.64. The van der Waals surface area contributed by atoms with Gasteiger partial charge in [-0.1, -0.05) is 37.3 Å². The van der Waals surface area contributed by atoms with Crippen molar-refractivity contribution < 1.29 is 0 Å². The largest absolute Gasteiger partial charge is 0.333 e. The van der Waals surface area contributed by atoms with Crippen molar-refractivity contribution in [2.24, 2.45) is 10.7 Å². The first-order valence-electron chi connectivity index (χ1n) is 8.70. The molecule has 130 valence electrons. The number of hydrogen-bond acceptors (Lipinski definition) is 5. The van der Waals surface area contributed by atoms with E-state index >= 15 is 0 Å². The van der Waals surface area contributed by atoms with Gasteiger partial charge in [-0.25, -0.2) is 4.99 Å². The van der Waals surface area contributed by atoms with E-state index in [9.17, 15) is 0 Å². The molecule has 0 radical (unpaired) electrons. The third-order valence-electron chi connectivity index (χ3n) is 4.51. The average Bonchev–Trinajstić information content (AvgIpc) is 2.68. The summed E-state index contributed by atoms with van der Waals surface area (Å²) in [4.78, 5) is 9.20. The lowest BCUT2D eigenvalue weighted by Gasteiger charge is -2.27. The molecule has 4 N–H and O–H groups in total. The molecule has 0 fully saturated rings. The molecule has 1 aromatic heterocycles. The fourth-order valence-electron chi connectivity index (χ4n) is 3.02. The van der Waals surface area contributed by atoms with Crippen LogP contribution in [0.4, 0.5) is 5.69 Å². The van der Waals surface area contributed by atoms with Gasteiger partial charge in [0.15, 0.2) is 5.66 Å². The number of guanidine groups is 1. The van der Waals surface area contributed by atoms with Gasteiger partial charge in [0.2, 0.25) is 5.96 Å². The van der Waals surface area contributed by atoms with Gasteiger partial charge in [-0.3, -0.25) is 10.7 Å². The van der Waals surface area contributed by atoms with Gasteiger partial charge < -0.3 is 10.6 Å². The fraction of sp³-hybridized carbons (Fsp3) is 0.143. The summed E-state index contributed by atoms with van der Waals surface area (Å²) >= 11 is 0. The van der Waals surface area contributed by atoms with E-state index in [-0.39, 0.29) is 0 Å². The molecule has 2 heterocycles. The van der Waals surface area contributed by atoms with E-state index in [1.54, 1.807) is 6.20 Å². The molecule has 1 unspecified atom stereocenters. The molecule has 0 saturated heterocycles. The van der Waals surface area contributed by atoms with Crippen molar-refractivity contribution in [3.8, 4) is 0 Å². The Morgan fingerprint density at radius 3 is 2.88 bits per heavy atom. The third-order valence-corrected chi connectivity index (χ3v) is 4.51. The van der Waals surface area contributed by atoms with Crippen molar-refractivity contribution >= 4 is 22.5 Å². The molecule has 0 saturated carbocycles. The SMILES string of the molecule is CCc1cccc(NC2=NC(N)(c3cnc4ccccc4c3)C=CN2)c1. The maximum atomic E-state index is 6.58. The zero-order valence-corrected chi connectivity index (χ0v) is 14.6. The van der Waals surface area contributed by atoms with E-state index < -0.39 is 5.66 Å². The summed E-state index contributed by atoms with van der Waals surface area (Å²) in [6.45, 7) is 2.13. The molecule has 0 spiro atoms. The van der Waals surface area contributed by atoms with E-state index in [0.29, 0.717) is 5.96 Å². The Morgan fingerprint density at radius 1 is 1.12 bits per heavy atom. The highest BCUT2D eigenvalue weighted by atomic mass is 15.2. The van der Waals surface area contributed by atoms with Crippen LogP contribution >= 0.6 is 0 Å². The van der Waals surface area contributed by atoms with E-state index in [4.69, 9.17) is 5.73 Å². The number of para-hydroxylation sites is 1. The minimum absolute atomic E-state index is 0.608. The monoisotopic (exact) mass is 343 g/mol. The van der Waals surface area contributed by atoms with Crippen LogP contribution in [-0.4, -0.2) is 10.9 Å². The maximum Gasteiger partial charge on any atom is 0.202 e. The summed E-state index contributed by atoms with van der Waals surface area (Å²) in [5, 5.41) is 7.47. The normalized spacial score (nSPS) is 19.1. The predicted molar refractivity (Wildman–Crippen MR) is 107 cm³/mol. The number of nitrogens with zero attached hydrogens (tertiary/aromatic N) is 2. The Balaban J connectivity index is 1.65. The first-order chi connectivity index (χ1) is 12.7. The maximum absolute atomic E-state index is 6.58. The summed E-state index contributed by atoms with van der Waals surface area (Å²) in [7, 11) is 0. The lowest BCUT2D eigenvalue weighted by molar-refractivity contribution is 0.581. The highest BCUT2D eigenvalue weighted by Crippen LogP contribution is 2.26. The number of aryl methyl sites for hydroxylation is 1. The molecule has 5 nitrogen and oxygen atoms in total. The van der Waals surface area contributed by atoms with E-state index in [0.717, 1.165) is 28.6 Å². The fourth-order valence-corrected chi connectivity index (χ4v) is 3.02. The molecule has 0 aliphatic carbocycles. The summed E-state index contributed by atoms with van der Waals surface area (Å²) in [5.74, 6) is 0.608. The van der Waals surface area contributed by atoms with E-state index in [2.05, 4.69) is 39.7 Å². The van der Waals surface area contributed by atoms with Crippen LogP contribution in [0.5, 0.6) is 0 Å². The molecule has 0 bridgehead atoms. The van der Waals surface area contributed by atoms with Crippen LogP contribution in [-0.2, 0) is 12.1 Å². The second kappa shape index (κ2) is 6.61. The molecule has 26 heavy (non-hydrogen) atoms. The molecule has 1 aliphatic rings. The van der Waals surface area contributed by atoms with Gasteiger partial charge in [0.1, 0.15) is 0 Å². The van der Waals surface area contributed by atoms with Gasteiger partial charge in [0.05, 0.1) is 5.52 Å². The summed E-state index contributed by atoms with van der Waals surface area (Å²) in [6, 6.07) is 18.3. The van der Waals surface area contributed by atoms with Crippen molar-refractivity contribution in [1.82, 2.24) is 10.3 Å². The topological polar surface area (TPSA) is 75.3 Å². The van der Waals surface area contributed by atoms with Crippen LogP contribution in [0, 0.1) is 0 Å². The molecule has 0 amide bonds. The van der Waals surface area contributed by atoms with Crippen LogP contribution in [0.1, 0.15) is 18.1 Å². The zero-order chi connectivity index (χ0) is 18.0. The summed E-state index contributed by atoms with van der Waals surface area (Å²) in [6.07, 6.45) is 6.43. The molecule has 5 heteroatoms. The molecular weight excluding hydrogens is 322 g/mol. The third kappa shape index (κ3) is 3.17. The number of aliphatic imine (C=N–C) groups is 1. The van der Waals surface area contributed by atoms with Gasteiger partial charge in [-0.05, 0) is 42.3 Å². The summed E-state index contributed by atoms with van der Waals surface area (Å²) < 4.78 is 0. The first-order valence-corrected chi connectivity index (χ1v) is 8.70. The Bertz CT molecular complexity index is 1010. The molecule has 4 rings (SSSR count). The molecule has 1 atom stereocenters. The molecule has 2 aromatic carbocycles. The van der Waals surface area contributed by atoms with Crippen LogP contribution < -0.4 is 16.4 Å². The lowest BCUT2D eigenvalue weighted by Crippen LogP contribution is -2.41. The van der Waals surface area contributed by atoms with Crippen molar-refractivity contribution in [2.45, 2.75) is 19.0 Å². The van der Waals surface area contributed by atoms with Gasteiger partial charge >= 0.3 is 0 Å². The highest BCUT2D eigenvalue weighted by Gasteiger charge is 2.27. The Morgan fingerprint density at radius 2 is 2.00 bits per heavy atom. The predicted octanol–water partition coefficient (Wildman–Crippen LogP) is 3.49. The van der Waals surface area contributed by atoms with Crippen molar-refractivity contribution in [1.29, 1.82) is 0 Å². The van der Waals surface area contributed by atoms with Crippen molar-refractivity contribution in [3.63, 3.8) is 0 Å². The number of hydrogen-bond donors (Lipinski definition) is 3. The van der Waals surface area contributed by atoms with Crippen LogP contribution in [0.15, 0.2) is 78.1 Å². The van der Waals surface area contributed by atoms with Gasteiger partial charge in [-0.2, -0.15) is 0 Å². The molecular formula is C21H21N5. The van der Waals surface area contributed by atoms with Crippen LogP contribution in [0.25, 0.3) is 10.9 Å². The van der Waals surface area contributed by atoms with Crippen LogP contribution in [0.3, 0.4) is 0 Å². The van der Waals surface area contributed by atoms with Gasteiger partial charge in [-0.15, -0.1) is 0 Å². The minimum Gasteiger partial charge on any atom is -0.333 e. The van der Waals surface area contributed by atoms with Crippen molar-refractivity contribution in [2.75, 3.05) is 5.32 Å². The number of nitrogens with one attached hydrogen (secondary N) is 2. The number of aromatic nitrogens is 1. The second-order valence-electron chi connectivity index (χ2n) is 6.36. The number of anilines is 1. The minimum atomic E-state index is -0.965. The molecule has 3 aromatic rings. The highest BCUT2D eigenvalue weighted by molar-refractivity contribution is 5.95. The zero-order valence-electron chi connectivity index (χ0n) is 14.6. The van der Waals surface area contributed by atoms with Gasteiger partial charge in [0, 0.05) is 29.0 Å². The Labute approximate surface area is 152 Å². The standard InChI is InChI=1S/C21H21N5/c1-2-15-6-5-8-18(12-15)25-20-23-11-10-21(22,26-20)17-13-16-7-3-4-9-19(16)24-14-17/h3-14H,2,22H2,1H3,(H2,23,25,26). The van der Waals surface area contributed by atoms with E-state index in [1.165, 1.54) is 5.56 Å². The van der Waals surface area contributed by atoms with Crippen LogP contribution in [0.2, 0.25) is 0 Å². The smallest absolute Gasteiger partial charge is 0.202 e. The number of rotatable bonds is 3. The number of benzene rings is 2. The van der Waals surface area contributed by atoms with Crippen molar-refractivity contribution in [3.05, 3.63) is 84.2 Å². The molecule has 1 aliphatic heterocycles. The number of fused-ring (bicyclic) bond motifs is 1. The van der Waals surface area contributed by atoms with E-state index in [1.807, 2.05) is 54.7 Å². The first kappa shape index (κ1) is 16.3. The quantitative estimate of drug-likeness (QED) is 0.680. The number of nitrogens with two attached hydrogens (primary N) is 1.